The van der Waals surface area contributed by atoms with Gasteiger partial charge in [0.25, 0.3) is 0 Å². The van der Waals surface area contributed by atoms with Crippen LogP contribution in [-0.4, -0.2) is 12.6 Å². The lowest BCUT2D eigenvalue weighted by Crippen LogP contribution is -2.41. The van der Waals surface area contributed by atoms with Crippen molar-refractivity contribution in [1.82, 2.24) is 10.9 Å². The lowest BCUT2D eigenvalue weighted by Gasteiger charge is -2.25. The van der Waals surface area contributed by atoms with Gasteiger partial charge >= 0.3 is 0 Å². The molecule has 0 saturated heterocycles. The number of hydrogen-bond donors (Lipinski definition) is 1. The van der Waals surface area contributed by atoms with E-state index in [4.69, 9.17) is 0 Å². The molecular formula is C8H11N2. The number of rotatable bonds is 0. The summed E-state index contributed by atoms with van der Waals surface area (Å²) in [5.74, 6) is 0. The van der Waals surface area contributed by atoms with Gasteiger partial charge in [0.05, 0.1) is 0 Å². The fourth-order valence-corrected chi connectivity index (χ4v) is 1.43. The van der Waals surface area contributed by atoms with E-state index in [0.29, 0.717) is 6.04 Å². The minimum absolute atomic E-state index is 0.513. The Morgan fingerprint density at radius 3 is 3.50 bits per heavy atom. The van der Waals surface area contributed by atoms with Crippen LogP contribution < -0.4 is 10.9 Å². The molecule has 0 spiro atoms. The van der Waals surface area contributed by atoms with Crippen LogP contribution in [0.15, 0.2) is 23.8 Å². The van der Waals surface area contributed by atoms with Gasteiger partial charge in [0.15, 0.2) is 0 Å². The van der Waals surface area contributed by atoms with Crippen molar-refractivity contribution in [2.75, 3.05) is 6.54 Å². The molecule has 53 valence electrons. The molecule has 1 aliphatic carbocycles. The molecule has 0 aromatic rings. The summed E-state index contributed by atoms with van der Waals surface area (Å²) in [6, 6.07) is 0.513. The van der Waals surface area contributed by atoms with Crippen LogP contribution in [0.5, 0.6) is 0 Å². The van der Waals surface area contributed by atoms with Crippen molar-refractivity contribution in [3.05, 3.63) is 23.8 Å². The Bertz CT molecular complexity index is 182. The second-order valence-corrected chi connectivity index (χ2v) is 2.71. The molecule has 1 unspecified atom stereocenters. The van der Waals surface area contributed by atoms with Crippen molar-refractivity contribution in [3.8, 4) is 0 Å². The Kier molecular flexibility index (Phi) is 1.57. The minimum Gasteiger partial charge on any atom is -0.232 e. The molecule has 2 rings (SSSR count). The number of nitrogens with zero attached hydrogens (tertiary/aromatic N) is 1. The van der Waals surface area contributed by atoms with Crippen LogP contribution in [0.3, 0.4) is 0 Å². The van der Waals surface area contributed by atoms with Gasteiger partial charge in [0, 0.05) is 12.6 Å². The van der Waals surface area contributed by atoms with Crippen LogP contribution in [0.1, 0.15) is 12.8 Å². The quantitative estimate of drug-likeness (QED) is 0.521. The third kappa shape index (κ3) is 1.00. The highest BCUT2D eigenvalue weighted by atomic mass is 15.4. The van der Waals surface area contributed by atoms with Gasteiger partial charge in [-0.3, -0.25) is 0 Å². The first-order chi connectivity index (χ1) is 4.97. The van der Waals surface area contributed by atoms with E-state index >= 15 is 0 Å². The van der Waals surface area contributed by atoms with E-state index in [1.807, 2.05) is 0 Å². The first-order valence-electron chi connectivity index (χ1n) is 3.75. The summed E-state index contributed by atoms with van der Waals surface area (Å²) in [6.07, 6.45) is 9.01. The SMILES string of the molecule is C1=CC2=CC[N]NC2CC1. The maximum absolute atomic E-state index is 4.10. The Labute approximate surface area is 61.0 Å². The van der Waals surface area contributed by atoms with Gasteiger partial charge in [-0.15, -0.1) is 0 Å². The molecular weight excluding hydrogens is 124 g/mol. The predicted molar refractivity (Wildman–Crippen MR) is 40.4 cm³/mol. The standard InChI is InChI=1S/C8H11N2/c1-2-4-8-7(3-1)5-6-9-10-8/h1,3,5,8,10H,2,4,6H2. The molecule has 2 heteroatoms. The third-order valence-corrected chi connectivity index (χ3v) is 2.00. The maximum Gasteiger partial charge on any atom is 0.0491 e. The largest absolute Gasteiger partial charge is 0.232 e. The molecule has 0 amide bonds. The highest BCUT2D eigenvalue weighted by Crippen LogP contribution is 2.17. The van der Waals surface area contributed by atoms with Crippen LogP contribution in [0, 0.1) is 0 Å². The van der Waals surface area contributed by atoms with Crippen LogP contribution in [0.25, 0.3) is 0 Å². The Hall–Kier alpha value is -0.600. The van der Waals surface area contributed by atoms with Gasteiger partial charge in [0.1, 0.15) is 0 Å². The van der Waals surface area contributed by atoms with E-state index in [0.717, 1.165) is 6.54 Å². The molecule has 1 radical (unpaired) electrons. The number of nitrogens with one attached hydrogen (secondary N) is 1. The van der Waals surface area contributed by atoms with Crippen LogP contribution in [-0.2, 0) is 0 Å². The lowest BCUT2D eigenvalue weighted by molar-refractivity contribution is 0.437. The summed E-state index contributed by atoms with van der Waals surface area (Å²) < 4.78 is 0. The van der Waals surface area contributed by atoms with Gasteiger partial charge in [-0.05, 0) is 18.4 Å². The molecule has 1 aliphatic heterocycles. The van der Waals surface area contributed by atoms with Crippen molar-refractivity contribution >= 4 is 0 Å². The van der Waals surface area contributed by atoms with Crippen LogP contribution >= 0.6 is 0 Å². The zero-order valence-corrected chi connectivity index (χ0v) is 5.88. The van der Waals surface area contributed by atoms with Crippen molar-refractivity contribution in [1.29, 1.82) is 0 Å². The smallest absolute Gasteiger partial charge is 0.0491 e. The summed E-state index contributed by atoms with van der Waals surface area (Å²) in [5, 5.41) is 0. The van der Waals surface area contributed by atoms with E-state index in [-0.39, 0.29) is 0 Å². The van der Waals surface area contributed by atoms with E-state index in [1.165, 1.54) is 18.4 Å². The Morgan fingerprint density at radius 2 is 2.60 bits per heavy atom. The second kappa shape index (κ2) is 2.56. The normalized spacial score (nSPS) is 31.2. The van der Waals surface area contributed by atoms with E-state index in [1.54, 1.807) is 0 Å². The van der Waals surface area contributed by atoms with Gasteiger partial charge in [-0.25, -0.2) is 5.43 Å². The molecule has 1 atom stereocenters. The van der Waals surface area contributed by atoms with Gasteiger partial charge in [0.2, 0.25) is 0 Å². The second-order valence-electron chi connectivity index (χ2n) is 2.71. The molecule has 0 aromatic heterocycles. The highest BCUT2D eigenvalue weighted by molar-refractivity contribution is 5.29. The fourth-order valence-electron chi connectivity index (χ4n) is 1.43. The molecule has 10 heavy (non-hydrogen) atoms. The predicted octanol–water partition coefficient (Wildman–Crippen LogP) is 0.754. The average molecular weight is 135 g/mol. The third-order valence-electron chi connectivity index (χ3n) is 2.00. The summed E-state index contributed by atoms with van der Waals surface area (Å²) in [7, 11) is 0. The molecule has 1 N–H and O–H groups in total. The van der Waals surface area contributed by atoms with Gasteiger partial charge < -0.3 is 0 Å². The monoisotopic (exact) mass is 135 g/mol. The molecule has 0 fully saturated rings. The zero-order valence-electron chi connectivity index (χ0n) is 5.88. The van der Waals surface area contributed by atoms with Crippen LogP contribution in [0.4, 0.5) is 0 Å². The molecule has 1 heterocycles. The van der Waals surface area contributed by atoms with E-state index < -0.39 is 0 Å². The number of hydrogen-bond acceptors (Lipinski definition) is 1. The fraction of sp³-hybridized carbons (Fsp3) is 0.500. The summed E-state index contributed by atoms with van der Waals surface area (Å²) in [5.41, 5.74) is 8.65. The molecule has 0 saturated carbocycles. The first-order valence-corrected chi connectivity index (χ1v) is 3.75. The Morgan fingerprint density at radius 1 is 1.60 bits per heavy atom. The summed E-state index contributed by atoms with van der Waals surface area (Å²) in [4.78, 5) is 0. The van der Waals surface area contributed by atoms with Crippen molar-refractivity contribution in [2.24, 2.45) is 0 Å². The zero-order chi connectivity index (χ0) is 6.81. The molecule has 2 aliphatic rings. The molecule has 0 aromatic carbocycles. The topological polar surface area (TPSA) is 26.1 Å². The van der Waals surface area contributed by atoms with Gasteiger partial charge in [-0.1, -0.05) is 18.2 Å². The maximum atomic E-state index is 4.10. The number of allylic oxidation sites excluding steroid dienone is 1. The minimum atomic E-state index is 0.513. The number of fused-ring (bicyclic) bond motifs is 1. The first kappa shape index (κ1) is 6.13. The average Bonchev–Trinajstić information content (AvgIpc) is 2.05. The van der Waals surface area contributed by atoms with Crippen LogP contribution in [0.2, 0.25) is 0 Å². The van der Waals surface area contributed by atoms with Crippen molar-refractivity contribution < 1.29 is 0 Å². The van der Waals surface area contributed by atoms with Crippen molar-refractivity contribution in [2.45, 2.75) is 18.9 Å². The highest BCUT2D eigenvalue weighted by Gasteiger charge is 2.16. The Balaban J connectivity index is 2.21. The summed E-state index contributed by atoms with van der Waals surface area (Å²) >= 11 is 0. The van der Waals surface area contributed by atoms with Gasteiger partial charge in [-0.2, -0.15) is 5.43 Å². The van der Waals surface area contributed by atoms with Crippen molar-refractivity contribution in [3.63, 3.8) is 0 Å². The molecule has 2 nitrogen and oxygen atoms in total. The van der Waals surface area contributed by atoms with E-state index in [9.17, 15) is 0 Å². The summed E-state index contributed by atoms with van der Waals surface area (Å²) in [6.45, 7) is 0.830. The lowest BCUT2D eigenvalue weighted by atomic mass is 9.95. The molecule has 0 bridgehead atoms. The van der Waals surface area contributed by atoms with E-state index in [2.05, 4.69) is 29.1 Å².